The molecule has 1 unspecified atom stereocenters. The lowest BCUT2D eigenvalue weighted by molar-refractivity contribution is 0.720. The Balaban J connectivity index is 2.64. The maximum Gasteiger partial charge on any atom is 0.0435 e. The summed E-state index contributed by atoms with van der Waals surface area (Å²) in [7, 11) is 0. The Morgan fingerprint density at radius 3 is 2.73 bits per heavy atom. The average molecular weight is 223 g/mol. The fourth-order valence-electron chi connectivity index (χ4n) is 1.64. The van der Waals surface area contributed by atoms with E-state index in [9.17, 15) is 0 Å². The number of rotatable bonds is 4. The van der Waals surface area contributed by atoms with Gasteiger partial charge in [-0.05, 0) is 42.9 Å². The standard InChI is InChI=1S/C14H19Cl/c1-4-5-6-11(2)9-13-7-8-14(15)12(3)10-13/h5-8,10-11H,4,9H2,1-3H3/b6-5-. The molecule has 0 saturated heterocycles. The zero-order valence-corrected chi connectivity index (χ0v) is 10.5. The van der Waals surface area contributed by atoms with Crippen LogP contribution in [0, 0.1) is 12.8 Å². The van der Waals surface area contributed by atoms with Crippen molar-refractivity contribution >= 4 is 11.6 Å². The first-order valence-corrected chi connectivity index (χ1v) is 5.93. The van der Waals surface area contributed by atoms with Crippen molar-refractivity contribution in [2.24, 2.45) is 5.92 Å². The SMILES string of the molecule is CC/C=C\C(C)Cc1ccc(Cl)c(C)c1. The van der Waals surface area contributed by atoms with Crippen molar-refractivity contribution < 1.29 is 0 Å². The van der Waals surface area contributed by atoms with Crippen molar-refractivity contribution in [3.05, 3.63) is 46.5 Å². The molecule has 0 nitrogen and oxygen atoms in total. The third-order valence-corrected chi connectivity index (χ3v) is 2.90. The van der Waals surface area contributed by atoms with Crippen molar-refractivity contribution in [1.29, 1.82) is 0 Å². The maximum atomic E-state index is 5.99. The van der Waals surface area contributed by atoms with Gasteiger partial charge in [0.2, 0.25) is 0 Å². The Morgan fingerprint density at radius 2 is 2.13 bits per heavy atom. The lowest BCUT2D eigenvalue weighted by atomic mass is 9.99. The highest BCUT2D eigenvalue weighted by Gasteiger charge is 2.01. The fourth-order valence-corrected chi connectivity index (χ4v) is 1.76. The summed E-state index contributed by atoms with van der Waals surface area (Å²) >= 11 is 5.99. The minimum atomic E-state index is 0.602. The molecule has 0 radical (unpaired) electrons. The number of allylic oxidation sites excluding steroid dienone is 2. The third kappa shape index (κ3) is 4.09. The van der Waals surface area contributed by atoms with Gasteiger partial charge in [0.25, 0.3) is 0 Å². The summed E-state index contributed by atoms with van der Waals surface area (Å²) in [5.74, 6) is 0.602. The maximum absolute atomic E-state index is 5.99. The Morgan fingerprint density at radius 1 is 1.40 bits per heavy atom. The van der Waals surface area contributed by atoms with Gasteiger partial charge in [0.1, 0.15) is 0 Å². The molecule has 0 aromatic heterocycles. The normalized spacial score (nSPS) is 13.3. The smallest absolute Gasteiger partial charge is 0.0435 e. The summed E-state index contributed by atoms with van der Waals surface area (Å²) in [4.78, 5) is 0. The molecule has 15 heavy (non-hydrogen) atoms. The molecule has 0 N–H and O–H groups in total. The van der Waals surface area contributed by atoms with Crippen LogP contribution in [0.5, 0.6) is 0 Å². The number of halogens is 1. The zero-order valence-electron chi connectivity index (χ0n) is 9.76. The minimum absolute atomic E-state index is 0.602. The van der Waals surface area contributed by atoms with Crippen LogP contribution in [0.3, 0.4) is 0 Å². The van der Waals surface area contributed by atoms with Crippen LogP contribution < -0.4 is 0 Å². The minimum Gasteiger partial charge on any atom is -0.0885 e. The molecular formula is C14H19Cl. The van der Waals surface area contributed by atoms with Gasteiger partial charge in [-0.25, -0.2) is 0 Å². The van der Waals surface area contributed by atoms with Crippen molar-refractivity contribution in [3.63, 3.8) is 0 Å². The van der Waals surface area contributed by atoms with E-state index >= 15 is 0 Å². The molecule has 1 atom stereocenters. The molecule has 0 bridgehead atoms. The molecule has 82 valence electrons. The summed E-state index contributed by atoms with van der Waals surface area (Å²) in [6, 6.07) is 6.28. The van der Waals surface area contributed by atoms with Gasteiger partial charge in [-0.1, -0.05) is 49.7 Å². The van der Waals surface area contributed by atoms with Crippen LogP contribution in [0.1, 0.15) is 31.4 Å². The molecule has 0 aliphatic rings. The second kappa shape index (κ2) is 5.97. The molecule has 0 spiro atoms. The van der Waals surface area contributed by atoms with Crippen LogP contribution in [0.4, 0.5) is 0 Å². The van der Waals surface area contributed by atoms with E-state index in [1.54, 1.807) is 0 Å². The van der Waals surface area contributed by atoms with E-state index in [1.165, 1.54) is 11.1 Å². The molecule has 1 heteroatoms. The van der Waals surface area contributed by atoms with Crippen molar-refractivity contribution in [3.8, 4) is 0 Å². The van der Waals surface area contributed by atoms with Crippen molar-refractivity contribution in [2.45, 2.75) is 33.6 Å². The van der Waals surface area contributed by atoms with Gasteiger partial charge in [0, 0.05) is 5.02 Å². The second-order valence-electron chi connectivity index (χ2n) is 4.10. The summed E-state index contributed by atoms with van der Waals surface area (Å²) in [6.07, 6.45) is 6.72. The molecular weight excluding hydrogens is 204 g/mol. The molecule has 1 rings (SSSR count). The van der Waals surface area contributed by atoms with Crippen LogP contribution in [0.15, 0.2) is 30.4 Å². The van der Waals surface area contributed by atoms with Crippen LogP contribution in [0.2, 0.25) is 5.02 Å². The van der Waals surface area contributed by atoms with Crippen LogP contribution in [0.25, 0.3) is 0 Å². The predicted octanol–water partition coefficient (Wildman–Crippen LogP) is 4.79. The molecule has 0 saturated carbocycles. The van der Waals surface area contributed by atoms with E-state index in [-0.39, 0.29) is 0 Å². The van der Waals surface area contributed by atoms with Crippen molar-refractivity contribution in [1.82, 2.24) is 0 Å². The quantitative estimate of drug-likeness (QED) is 0.643. The highest BCUT2D eigenvalue weighted by atomic mass is 35.5. The highest BCUT2D eigenvalue weighted by Crippen LogP contribution is 2.18. The van der Waals surface area contributed by atoms with E-state index < -0.39 is 0 Å². The van der Waals surface area contributed by atoms with Gasteiger partial charge in [-0.3, -0.25) is 0 Å². The first kappa shape index (κ1) is 12.3. The van der Waals surface area contributed by atoms with Gasteiger partial charge < -0.3 is 0 Å². The molecule has 1 aromatic carbocycles. The van der Waals surface area contributed by atoms with E-state index in [0.29, 0.717) is 5.92 Å². The Kier molecular flexibility index (Phi) is 4.90. The number of hydrogen-bond acceptors (Lipinski definition) is 0. The Hall–Kier alpha value is -0.750. The lowest BCUT2D eigenvalue weighted by Crippen LogP contribution is -1.96. The Bertz CT molecular complexity index is 339. The lowest BCUT2D eigenvalue weighted by Gasteiger charge is -2.08. The first-order chi connectivity index (χ1) is 7.13. The Labute approximate surface area is 98.0 Å². The van der Waals surface area contributed by atoms with E-state index in [4.69, 9.17) is 11.6 Å². The van der Waals surface area contributed by atoms with E-state index in [1.807, 2.05) is 6.07 Å². The summed E-state index contributed by atoms with van der Waals surface area (Å²) in [5, 5.41) is 0.857. The van der Waals surface area contributed by atoms with Crippen LogP contribution in [-0.4, -0.2) is 0 Å². The summed E-state index contributed by atoms with van der Waals surface area (Å²) in [5.41, 5.74) is 2.53. The monoisotopic (exact) mass is 222 g/mol. The van der Waals surface area contributed by atoms with E-state index in [2.05, 4.69) is 45.1 Å². The fraction of sp³-hybridized carbons (Fsp3) is 0.429. The van der Waals surface area contributed by atoms with Gasteiger partial charge in [0.15, 0.2) is 0 Å². The first-order valence-electron chi connectivity index (χ1n) is 5.55. The van der Waals surface area contributed by atoms with Gasteiger partial charge in [0.05, 0.1) is 0 Å². The summed E-state index contributed by atoms with van der Waals surface area (Å²) < 4.78 is 0. The number of aryl methyl sites for hydroxylation is 1. The molecule has 0 aliphatic carbocycles. The average Bonchev–Trinajstić information content (AvgIpc) is 2.20. The van der Waals surface area contributed by atoms with Gasteiger partial charge >= 0.3 is 0 Å². The molecule has 0 amide bonds. The summed E-state index contributed by atoms with van der Waals surface area (Å²) in [6.45, 7) is 6.46. The molecule has 1 aromatic rings. The van der Waals surface area contributed by atoms with Gasteiger partial charge in [-0.2, -0.15) is 0 Å². The van der Waals surface area contributed by atoms with Crippen LogP contribution >= 0.6 is 11.6 Å². The van der Waals surface area contributed by atoms with Crippen LogP contribution in [-0.2, 0) is 6.42 Å². The highest BCUT2D eigenvalue weighted by molar-refractivity contribution is 6.31. The molecule has 0 heterocycles. The second-order valence-corrected chi connectivity index (χ2v) is 4.51. The third-order valence-electron chi connectivity index (χ3n) is 2.48. The van der Waals surface area contributed by atoms with Crippen molar-refractivity contribution in [2.75, 3.05) is 0 Å². The largest absolute Gasteiger partial charge is 0.0885 e. The predicted molar refractivity (Wildman–Crippen MR) is 68.5 cm³/mol. The van der Waals surface area contributed by atoms with Gasteiger partial charge in [-0.15, -0.1) is 0 Å². The van der Waals surface area contributed by atoms with E-state index in [0.717, 1.165) is 17.9 Å². The topological polar surface area (TPSA) is 0 Å². The molecule has 0 aliphatic heterocycles. The number of benzene rings is 1. The zero-order chi connectivity index (χ0) is 11.3. The number of hydrogen-bond donors (Lipinski definition) is 0. The molecule has 0 fully saturated rings.